The molecule has 0 spiro atoms. The molecule has 0 saturated carbocycles. The van der Waals surface area contributed by atoms with E-state index in [1.165, 1.54) is 71.2 Å². The monoisotopic (exact) mass is 970 g/mol. The number of furan rings is 1. The number of fused-ring (bicyclic) bond motifs is 8. The van der Waals surface area contributed by atoms with Crippen LogP contribution in [0.25, 0.3) is 134 Å². The molecule has 5 nitrogen and oxygen atoms in total. The molecule has 5 heteroatoms. The number of allylic oxidation sites excluding steroid dienone is 1. The van der Waals surface area contributed by atoms with Gasteiger partial charge in [-0.15, -0.1) is 0 Å². The van der Waals surface area contributed by atoms with E-state index in [4.69, 9.17) is 19.4 Å². The molecule has 1 unspecified atom stereocenters. The van der Waals surface area contributed by atoms with Crippen LogP contribution in [0.15, 0.2) is 259 Å². The fourth-order valence-corrected chi connectivity index (χ4v) is 11.7. The molecule has 356 valence electrons. The number of aromatic nitrogens is 4. The van der Waals surface area contributed by atoms with E-state index in [1.54, 1.807) is 0 Å². The van der Waals surface area contributed by atoms with Crippen molar-refractivity contribution in [3.8, 4) is 67.5 Å². The molecule has 11 aromatic carbocycles. The number of nitrogens with zero attached hydrogens (tertiary/aromatic N) is 4. The second kappa shape index (κ2) is 17.9. The third-order valence-corrected chi connectivity index (χ3v) is 15.4. The van der Waals surface area contributed by atoms with Crippen molar-refractivity contribution in [1.82, 2.24) is 19.5 Å². The highest BCUT2D eigenvalue weighted by molar-refractivity contribution is 6.14. The third-order valence-electron chi connectivity index (χ3n) is 15.4. The fourth-order valence-electron chi connectivity index (χ4n) is 11.7. The lowest BCUT2D eigenvalue weighted by Crippen LogP contribution is -2.17. The zero-order valence-corrected chi connectivity index (χ0v) is 41.3. The zero-order valence-electron chi connectivity index (χ0n) is 41.3. The first-order valence-electron chi connectivity index (χ1n) is 26.0. The van der Waals surface area contributed by atoms with Gasteiger partial charge < -0.3 is 8.98 Å². The zero-order chi connectivity index (χ0) is 50.1. The summed E-state index contributed by atoms with van der Waals surface area (Å²) in [5.41, 5.74) is 16.4. The molecule has 1 aliphatic rings. The summed E-state index contributed by atoms with van der Waals surface area (Å²) >= 11 is 0. The molecule has 0 fully saturated rings. The Hall–Kier alpha value is -9.97. The largest absolute Gasteiger partial charge is 0.460 e. The highest BCUT2D eigenvalue weighted by Crippen LogP contribution is 2.48. The number of para-hydroxylation sites is 1. The Kier molecular flexibility index (Phi) is 10.3. The minimum Gasteiger partial charge on any atom is -0.460 e. The van der Waals surface area contributed by atoms with Crippen molar-refractivity contribution in [2.45, 2.75) is 12.5 Å². The molecule has 76 heavy (non-hydrogen) atoms. The molecule has 1 aliphatic carbocycles. The average Bonchev–Trinajstić information content (AvgIpc) is 4.07. The van der Waals surface area contributed by atoms with Crippen LogP contribution < -0.4 is 0 Å². The van der Waals surface area contributed by atoms with Crippen molar-refractivity contribution in [2.24, 2.45) is 0 Å². The SMILES string of the molecule is C1=C(c2ccc(-c3ccccc3-c3ccccc3)cc2)C(n2c3ccccc3c3cc4ccccc4cc32)Cc2oc3cccc(-c4nc(-c5ccccc5)nc(-c5ccc(-c6ccc7ccccc7c6)cc5)n4)c3c21. The van der Waals surface area contributed by atoms with Crippen LogP contribution in [0, 0.1) is 0 Å². The van der Waals surface area contributed by atoms with Crippen molar-refractivity contribution < 1.29 is 4.42 Å². The summed E-state index contributed by atoms with van der Waals surface area (Å²) in [7, 11) is 0. The smallest absolute Gasteiger partial charge is 0.164 e. The molecule has 3 heterocycles. The van der Waals surface area contributed by atoms with Crippen molar-refractivity contribution in [3.63, 3.8) is 0 Å². The van der Waals surface area contributed by atoms with E-state index in [2.05, 4.69) is 247 Å². The average molecular weight is 971 g/mol. The Morgan fingerprint density at radius 3 is 1.62 bits per heavy atom. The molecule has 1 atom stereocenters. The fraction of sp³-hybridized carbons (Fsp3) is 0.0282. The van der Waals surface area contributed by atoms with Gasteiger partial charge in [-0.2, -0.15) is 0 Å². The van der Waals surface area contributed by atoms with Crippen LogP contribution >= 0.6 is 0 Å². The van der Waals surface area contributed by atoms with E-state index in [9.17, 15) is 0 Å². The van der Waals surface area contributed by atoms with Crippen LogP contribution in [0.4, 0.5) is 0 Å². The standard InChI is InChI=1S/C71H46N4O/c1-3-17-47(18-4-1)56-24-11-12-25-57(56)48-33-35-49(36-34-48)60-43-62-67(44-65(60)75-63-28-14-13-26-58(63)61-41-53-22-9-10-23-54(53)42-64(61)75)76-66-29-15-27-59(68(62)66)71-73-69(50-19-5-2-6-20-50)72-70(74-71)51-37-30-46(31-38-51)55-39-32-45-16-7-8-21-52(45)40-55/h1-43,65H,44H2. The Bertz CT molecular complexity index is 4590. The van der Waals surface area contributed by atoms with E-state index in [0.29, 0.717) is 23.9 Å². The molecule has 3 aromatic heterocycles. The lowest BCUT2D eigenvalue weighted by atomic mass is 9.85. The summed E-state index contributed by atoms with van der Waals surface area (Å²) in [5.74, 6) is 2.73. The number of rotatable bonds is 8. The van der Waals surface area contributed by atoms with Gasteiger partial charge >= 0.3 is 0 Å². The Labute approximate surface area is 439 Å². The molecular weight excluding hydrogens is 925 g/mol. The van der Waals surface area contributed by atoms with Crippen LogP contribution in [0.1, 0.15) is 22.9 Å². The van der Waals surface area contributed by atoms with E-state index in [1.807, 2.05) is 18.2 Å². The molecular formula is C71H46N4O. The molecule has 15 rings (SSSR count). The van der Waals surface area contributed by atoms with Crippen LogP contribution in [0.3, 0.4) is 0 Å². The van der Waals surface area contributed by atoms with E-state index >= 15 is 0 Å². The maximum absolute atomic E-state index is 7.07. The number of benzene rings is 11. The quantitative estimate of drug-likeness (QED) is 0.152. The van der Waals surface area contributed by atoms with Gasteiger partial charge in [0, 0.05) is 50.4 Å². The maximum atomic E-state index is 7.07. The maximum Gasteiger partial charge on any atom is 0.164 e. The summed E-state index contributed by atoms with van der Waals surface area (Å²) in [5, 5.41) is 8.33. The molecule has 0 amide bonds. The van der Waals surface area contributed by atoms with Gasteiger partial charge in [-0.3, -0.25) is 0 Å². The lowest BCUT2D eigenvalue weighted by Gasteiger charge is -2.28. The minimum absolute atomic E-state index is 0.103. The predicted octanol–water partition coefficient (Wildman–Crippen LogP) is 18.4. The van der Waals surface area contributed by atoms with Crippen molar-refractivity contribution >= 4 is 66.0 Å². The van der Waals surface area contributed by atoms with Gasteiger partial charge in [-0.1, -0.05) is 224 Å². The van der Waals surface area contributed by atoms with E-state index in [0.717, 1.165) is 55.7 Å². The summed E-state index contributed by atoms with van der Waals surface area (Å²) in [6.07, 6.45) is 3.02. The second-order valence-electron chi connectivity index (χ2n) is 19.8. The van der Waals surface area contributed by atoms with Crippen LogP contribution in [0.2, 0.25) is 0 Å². The number of hydrogen-bond acceptors (Lipinski definition) is 4. The minimum atomic E-state index is -0.103. The van der Waals surface area contributed by atoms with Crippen molar-refractivity contribution in [3.05, 3.63) is 272 Å². The Balaban J connectivity index is 0.905. The van der Waals surface area contributed by atoms with E-state index < -0.39 is 0 Å². The second-order valence-corrected chi connectivity index (χ2v) is 19.8. The van der Waals surface area contributed by atoms with Crippen LogP contribution in [-0.4, -0.2) is 19.5 Å². The third kappa shape index (κ3) is 7.43. The first-order valence-corrected chi connectivity index (χ1v) is 26.0. The Morgan fingerprint density at radius 2 is 0.882 bits per heavy atom. The van der Waals surface area contributed by atoms with Crippen LogP contribution in [0.5, 0.6) is 0 Å². The first kappa shape index (κ1) is 43.6. The van der Waals surface area contributed by atoms with E-state index in [-0.39, 0.29) is 6.04 Å². The normalized spacial score (nSPS) is 13.4. The lowest BCUT2D eigenvalue weighted by molar-refractivity contribution is 0.505. The van der Waals surface area contributed by atoms with Crippen molar-refractivity contribution in [2.75, 3.05) is 0 Å². The predicted molar refractivity (Wildman–Crippen MR) is 314 cm³/mol. The molecule has 14 aromatic rings. The van der Waals surface area contributed by atoms with Gasteiger partial charge in [0.2, 0.25) is 0 Å². The summed E-state index contributed by atoms with van der Waals surface area (Å²) in [6.45, 7) is 0. The van der Waals surface area contributed by atoms with Gasteiger partial charge in [-0.05, 0) is 102 Å². The molecule has 0 radical (unpaired) electrons. The molecule has 0 bridgehead atoms. The molecule has 0 N–H and O–H groups in total. The van der Waals surface area contributed by atoms with Crippen molar-refractivity contribution in [1.29, 1.82) is 0 Å². The van der Waals surface area contributed by atoms with Gasteiger partial charge in [0.05, 0.1) is 11.6 Å². The topological polar surface area (TPSA) is 56.7 Å². The summed E-state index contributed by atoms with van der Waals surface area (Å²) in [6, 6.07) is 90.8. The van der Waals surface area contributed by atoms with Gasteiger partial charge in [-0.25, -0.2) is 15.0 Å². The number of hydrogen-bond donors (Lipinski definition) is 0. The van der Waals surface area contributed by atoms with Gasteiger partial charge in [0.15, 0.2) is 17.5 Å². The van der Waals surface area contributed by atoms with Crippen LogP contribution in [-0.2, 0) is 6.42 Å². The highest BCUT2D eigenvalue weighted by Gasteiger charge is 2.32. The molecule has 0 aliphatic heterocycles. The Morgan fingerprint density at radius 1 is 0.355 bits per heavy atom. The molecule has 0 saturated heterocycles. The van der Waals surface area contributed by atoms with Gasteiger partial charge in [0.1, 0.15) is 11.3 Å². The first-order chi connectivity index (χ1) is 37.6. The van der Waals surface area contributed by atoms with Gasteiger partial charge in [0.25, 0.3) is 0 Å². The highest BCUT2D eigenvalue weighted by atomic mass is 16.3. The summed E-state index contributed by atoms with van der Waals surface area (Å²) in [4.78, 5) is 15.8. The summed E-state index contributed by atoms with van der Waals surface area (Å²) < 4.78 is 9.64.